The number of benzene rings is 2. The van der Waals surface area contributed by atoms with Crippen molar-refractivity contribution in [2.75, 3.05) is 25.5 Å². The Morgan fingerprint density at radius 1 is 1.19 bits per heavy atom. The number of amides is 1. The van der Waals surface area contributed by atoms with Crippen LogP contribution in [-0.4, -0.2) is 38.8 Å². The van der Waals surface area contributed by atoms with Gasteiger partial charge in [-0.15, -0.1) is 0 Å². The largest absolute Gasteiger partial charge is 0.497 e. The Balaban J connectivity index is 1.71. The van der Waals surface area contributed by atoms with Crippen LogP contribution in [0, 0.1) is 5.82 Å². The van der Waals surface area contributed by atoms with Crippen molar-refractivity contribution < 1.29 is 22.3 Å². The first kappa shape index (κ1) is 17.0. The van der Waals surface area contributed by atoms with E-state index in [-0.39, 0.29) is 23.9 Å². The first-order valence-electron chi connectivity index (χ1n) is 8.12. The van der Waals surface area contributed by atoms with Crippen LogP contribution in [0.5, 0.6) is 5.75 Å². The lowest BCUT2D eigenvalue weighted by molar-refractivity contribution is -0.120. The summed E-state index contributed by atoms with van der Waals surface area (Å²) in [4.78, 5) is 12.7. The van der Waals surface area contributed by atoms with E-state index in [4.69, 9.17) is 4.74 Å². The summed E-state index contributed by atoms with van der Waals surface area (Å²) >= 11 is 0. The molecule has 1 N–H and O–H groups in total. The number of anilines is 1. The van der Waals surface area contributed by atoms with Gasteiger partial charge in [-0.05, 0) is 54.4 Å². The summed E-state index contributed by atoms with van der Waals surface area (Å²) in [7, 11) is -2.26. The lowest BCUT2D eigenvalue weighted by Gasteiger charge is -2.22. The number of hydrogen-bond acceptors (Lipinski definition) is 4. The van der Waals surface area contributed by atoms with Crippen molar-refractivity contribution in [3.63, 3.8) is 0 Å². The van der Waals surface area contributed by atoms with Gasteiger partial charge in [0.1, 0.15) is 11.6 Å². The highest BCUT2D eigenvalue weighted by atomic mass is 32.2. The number of nitrogens with zero attached hydrogens (tertiary/aromatic N) is 1. The molecule has 2 heterocycles. The number of rotatable bonds is 3. The second-order valence-electron chi connectivity index (χ2n) is 6.49. The normalized spacial score (nSPS) is 22.5. The maximum Gasteiger partial charge on any atom is 0.243 e. The molecule has 8 heteroatoms. The number of methoxy groups -OCH3 is 1. The Hall–Kier alpha value is -2.45. The van der Waals surface area contributed by atoms with Gasteiger partial charge in [-0.1, -0.05) is 0 Å². The predicted octanol–water partition coefficient (Wildman–Crippen LogP) is 2.12. The average Bonchev–Trinajstić information content (AvgIpc) is 3.19. The second-order valence-corrected chi connectivity index (χ2v) is 8.43. The fraction of sp³-hybridized carbons (Fsp3) is 0.278. The molecule has 0 aliphatic carbocycles. The molecule has 1 spiro atoms. The Morgan fingerprint density at radius 3 is 2.62 bits per heavy atom. The average molecular weight is 376 g/mol. The summed E-state index contributed by atoms with van der Waals surface area (Å²) < 4.78 is 45.4. The molecule has 0 radical (unpaired) electrons. The van der Waals surface area contributed by atoms with Crippen LogP contribution in [0.4, 0.5) is 10.1 Å². The molecule has 1 unspecified atom stereocenters. The van der Waals surface area contributed by atoms with Crippen molar-refractivity contribution in [2.24, 2.45) is 0 Å². The van der Waals surface area contributed by atoms with Crippen LogP contribution in [0.25, 0.3) is 0 Å². The van der Waals surface area contributed by atoms with Crippen molar-refractivity contribution in [3.05, 3.63) is 53.8 Å². The summed E-state index contributed by atoms with van der Waals surface area (Å²) in [5.74, 6) is -0.102. The second kappa shape index (κ2) is 5.78. The Bertz CT molecular complexity index is 991. The molecular weight excluding hydrogens is 359 g/mol. The molecular formula is C18H17FN2O4S. The Kier molecular flexibility index (Phi) is 3.78. The fourth-order valence-corrected chi connectivity index (χ4v) is 5.16. The predicted molar refractivity (Wildman–Crippen MR) is 93.1 cm³/mol. The lowest BCUT2D eigenvalue weighted by Crippen LogP contribution is -2.39. The van der Waals surface area contributed by atoms with Crippen LogP contribution in [0.2, 0.25) is 0 Å². The van der Waals surface area contributed by atoms with Crippen LogP contribution in [0.3, 0.4) is 0 Å². The number of nitrogens with one attached hydrogen (secondary N) is 1. The molecule has 4 rings (SSSR count). The quantitative estimate of drug-likeness (QED) is 0.890. The van der Waals surface area contributed by atoms with Gasteiger partial charge in [-0.3, -0.25) is 4.79 Å². The highest BCUT2D eigenvalue weighted by molar-refractivity contribution is 7.89. The number of hydrogen-bond donors (Lipinski definition) is 1. The minimum atomic E-state index is -3.81. The zero-order valence-corrected chi connectivity index (χ0v) is 14.8. The van der Waals surface area contributed by atoms with Crippen molar-refractivity contribution in [1.82, 2.24) is 4.31 Å². The van der Waals surface area contributed by atoms with Crippen molar-refractivity contribution >= 4 is 21.6 Å². The number of sulfonamides is 1. The molecule has 1 atom stereocenters. The van der Waals surface area contributed by atoms with Gasteiger partial charge >= 0.3 is 0 Å². The van der Waals surface area contributed by atoms with Crippen LogP contribution >= 0.6 is 0 Å². The van der Waals surface area contributed by atoms with E-state index in [0.717, 1.165) is 17.7 Å². The third-order valence-electron chi connectivity index (χ3n) is 5.11. The summed E-state index contributed by atoms with van der Waals surface area (Å²) in [5, 5.41) is 2.84. The van der Waals surface area contributed by atoms with E-state index >= 15 is 0 Å². The molecule has 1 amide bonds. The number of fused-ring (bicyclic) bond motifs is 2. The van der Waals surface area contributed by atoms with Crippen LogP contribution < -0.4 is 10.1 Å². The standard InChI is InChI=1S/C18H17FN2O4S/c1-25-13-4-7-16-15(10-13)18(17(22)20-16)8-9-21(11-18)26(23,24)14-5-2-12(19)3-6-14/h2-7,10H,8-9,11H2,1H3,(H,20,22). The van der Waals surface area contributed by atoms with Gasteiger partial charge in [0.15, 0.2) is 0 Å². The maximum atomic E-state index is 13.1. The van der Waals surface area contributed by atoms with Crippen molar-refractivity contribution in [1.29, 1.82) is 0 Å². The van der Waals surface area contributed by atoms with Gasteiger partial charge < -0.3 is 10.1 Å². The van der Waals surface area contributed by atoms with Crippen molar-refractivity contribution in [3.8, 4) is 5.75 Å². The van der Waals surface area contributed by atoms with E-state index < -0.39 is 21.3 Å². The van der Waals surface area contributed by atoms with Gasteiger partial charge in [0, 0.05) is 18.8 Å². The highest BCUT2D eigenvalue weighted by Crippen LogP contribution is 2.46. The number of carbonyl (C=O) groups excluding carboxylic acids is 1. The monoisotopic (exact) mass is 376 g/mol. The molecule has 2 aliphatic heterocycles. The fourth-order valence-electron chi connectivity index (χ4n) is 3.66. The topological polar surface area (TPSA) is 75.7 Å². The van der Waals surface area contributed by atoms with Crippen LogP contribution in [-0.2, 0) is 20.2 Å². The zero-order chi connectivity index (χ0) is 18.5. The van der Waals surface area contributed by atoms with E-state index in [1.807, 2.05) is 0 Å². The first-order valence-corrected chi connectivity index (χ1v) is 9.56. The third kappa shape index (κ3) is 2.40. The van der Waals surface area contributed by atoms with Gasteiger partial charge in [-0.25, -0.2) is 12.8 Å². The summed E-state index contributed by atoms with van der Waals surface area (Å²) in [5.41, 5.74) is 0.493. The van der Waals surface area contributed by atoms with E-state index in [1.54, 1.807) is 25.3 Å². The molecule has 1 saturated heterocycles. The van der Waals surface area contributed by atoms with Gasteiger partial charge in [0.05, 0.1) is 17.4 Å². The molecule has 26 heavy (non-hydrogen) atoms. The van der Waals surface area contributed by atoms with Crippen LogP contribution in [0.15, 0.2) is 47.4 Å². The molecule has 2 aromatic rings. The molecule has 2 aromatic carbocycles. The highest BCUT2D eigenvalue weighted by Gasteiger charge is 2.53. The van der Waals surface area contributed by atoms with E-state index in [2.05, 4.69) is 5.32 Å². The molecule has 1 fully saturated rings. The smallest absolute Gasteiger partial charge is 0.243 e. The number of halogens is 1. The molecule has 136 valence electrons. The summed E-state index contributed by atoms with van der Waals surface area (Å²) in [6.45, 7) is 0.252. The molecule has 0 aromatic heterocycles. The third-order valence-corrected chi connectivity index (χ3v) is 6.97. The van der Waals surface area contributed by atoms with Gasteiger partial charge in [-0.2, -0.15) is 4.31 Å². The maximum absolute atomic E-state index is 13.1. The zero-order valence-electron chi connectivity index (χ0n) is 14.0. The lowest BCUT2D eigenvalue weighted by atomic mass is 9.81. The SMILES string of the molecule is COc1ccc2c(c1)C1(CCN(S(=O)(=O)c3ccc(F)cc3)C1)C(=O)N2. The minimum Gasteiger partial charge on any atom is -0.497 e. The number of ether oxygens (including phenoxy) is 1. The molecule has 2 aliphatic rings. The van der Waals surface area contributed by atoms with E-state index in [1.165, 1.54) is 16.4 Å². The summed E-state index contributed by atoms with van der Waals surface area (Å²) in [6, 6.07) is 9.99. The first-order chi connectivity index (χ1) is 12.4. The van der Waals surface area contributed by atoms with E-state index in [0.29, 0.717) is 17.9 Å². The van der Waals surface area contributed by atoms with Crippen LogP contribution in [0.1, 0.15) is 12.0 Å². The van der Waals surface area contributed by atoms with E-state index in [9.17, 15) is 17.6 Å². The number of carbonyl (C=O) groups is 1. The Labute approximate surface area is 150 Å². The Morgan fingerprint density at radius 2 is 1.92 bits per heavy atom. The van der Waals surface area contributed by atoms with Gasteiger partial charge in [0.2, 0.25) is 15.9 Å². The van der Waals surface area contributed by atoms with Crippen molar-refractivity contribution in [2.45, 2.75) is 16.7 Å². The van der Waals surface area contributed by atoms with Gasteiger partial charge in [0.25, 0.3) is 0 Å². The molecule has 0 bridgehead atoms. The summed E-state index contributed by atoms with van der Waals surface area (Å²) in [6.07, 6.45) is 0.374. The molecule has 0 saturated carbocycles. The molecule has 6 nitrogen and oxygen atoms in total. The minimum absolute atomic E-state index is 0.0141.